The van der Waals surface area contributed by atoms with Crippen molar-refractivity contribution in [1.82, 2.24) is 15.3 Å². The van der Waals surface area contributed by atoms with Gasteiger partial charge in [-0.3, -0.25) is 14.6 Å². The van der Waals surface area contributed by atoms with Gasteiger partial charge in [0.05, 0.1) is 17.4 Å². The maximum atomic E-state index is 12.6. The Bertz CT molecular complexity index is 1020. The van der Waals surface area contributed by atoms with Gasteiger partial charge >= 0.3 is 0 Å². The van der Waals surface area contributed by atoms with Crippen LogP contribution in [0.4, 0.5) is 5.69 Å². The molecular weight excluding hydrogens is 360 g/mol. The van der Waals surface area contributed by atoms with E-state index in [1.54, 1.807) is 30.3 Å². The largest absolute Gasteiger partial charge is 0.454 e. The van der Waals surface area contributed by atoms with Gasteiger partial charge in [-0.2, -0.15) is 0 Å². The predicted molar refractivity (Wildman–Crippen MR) is 100 cm³/mol. The van der Waals surface area contributed by atoms with Crippen molar-refractivity contribution >= 4 is 17.5 Å². The Morgan fingerprint density at radius 3 is 2.71 bits per heavy atom. The van der Waals surface area contributed by atoms with E-state index in [-0.39, 0.29) is 18.4 Å². The Morgan fingerprint density at radius 1 is 1.00 bits per heavy atom. The zero-order chi connectivity index (χ0) is 19.3. The first-order valence-corrected chi connectivity index (χ1v) is 8.54. The first-order chi connectivity index (χ1) is 13.7. The van der Waals surface area contributed by atoms with Crippen molar-refractivity contribution in [3.8, 4) is 11.5 Å². The highest BCUT2D eigenvalue weighted by atomic mass is 16.7. The van der Waals surface area contributed by atoms with Crippen molar-refractivity contribution in [2.24, 2.45) is 0 Å². The lowest BCUT2D eigenvalue weighted by Crippen LogP contribution is -2.25. The van der Waals surface area contributed by atoms with Crippen LogP contribution >= 0.6 is 0 Å². The number of para-hydroxylation sites is 1. The second-order valence-corrected chi connectivity index (χ2v) is 5.96. The summed E-state index contributed by atoms with van der Waals surface area (Å²) in [6.45, 7) is 0.506. The zero-order valence-electron chi connectivity index (χ0n) is 14.7. The molecule has 2 amide bonds. The summed E-state index contributed by atoms with van der Waals surface area (Å²) in [4.78, 5) is 32.8. The van der Waals surface area contributed by atoms with Gasteiger partial charge in [-0.05, 0) is 29.8 Å². The monoisotopic (exact) mass is 376 g/mol. The van der Waals surface area contributed by atoms with Gasteiger partial charge in [0.2, 0.25) is 6.79 Å². The van der Waals surface area contributed by atoms with Crippen molar-refractivity contribution in [2.45, 2.75) is 6.54 Å². The van der Waals surface area contributed by atoms with Crippen LogP contribution in [0.2, 0.25) is 0 Å². The molecule has 0 unspecified atom stereocenters. The molecule has 8 nitrogen and oxygen atoms in total. The van der Waals surface area contributed by atoms with Crippen LogP contribution in [0.5, 0.6) is 11.5 Å². The highest BCUT2D eigenvalue weighted by Crippen LogP contribution is 2.32. The number of nitrogens with one attached hydrogen (secondary N) is 2. The summed E-state index contributed by atoms with van der Waals surface area (Å²) >= 11 is 0. The number of benzene rings is 2. The second kappa shape index (κ2) is 7.75. The van der Waals surface area contributed by atoms with E-state index in [1.807, 2.05) is 12.1 Å². The van der Waals surface area contributed by atoms with E-state index >= 15 is 0 Å². The Labute approximate surface area is 160 Å². The number of nitrogens with zero attached hydrogens (tertiary/aromatic N) is 2. The number of amides is 2. The minimum Gasteiger partial charge on any atom is -0.454 e. The van der Waals surface area contributed by atoms with Crippen molar-refractivity contribution in [1.29, 1.82) is 0 Å². The molecule has 0 fully saturated rings. The van der Waals surface area contributed by atoms with Crippen LogP contribution in [-0.2, 0) is 6.54 Å². The number of rotatable bonds is 5. The van der Waals surface area contributed by atoms with Gasteiger partial charge in [-0.15, -0.1) is 0 Å². The van der Waals surface area contributed by atoms with Gasteiger partial charge in [0.1, 0.15) is 5.69 Å². The Hall–Kier alpha value is -3.94. The third kappa shape index (κ3) is 3.75. The van der Waals surface area contributed by atoms with Crippen molar-refractivity contribution < 1.29 is 19.1 Å². The predicted octanol–water partition coefficient (Wildman–Crippen LogP) is 2.39. The molecule has 0 radical (unpaired) electrons. The van der Waals surface area contributed by atoms with Crippen LogP contribution in [0.3, 0.4) is 0 Å². The Balaban J connectivity index is 1.45. The molecule has 0 spiro atoms. The summed E-state index contributed by atoms with van der Waals surface area (Å²) in [7, 11) is 0. The molecule has 1 aliphatic heterocycles. The number of anilines is 1. The normalized spacial score (nSPS) is 11.7. The third-order valence-corrected chi connectivity index (χ3v) is 4.11. The molecule has 0 bridgehead atoms. The summed E-state index contributed by atoms with van der Waals surface area (Å²) in [5.74, 6) is 0.590. The lowest BCUT2D eigenvalue weighted by molar-refractivity contribution is 0.0951. The minimum absolute atomic E-state index is 0.165. The van der Waals surface area contributed by atoms with Crippen molar-refractivity contribution in [2.75, 3.05) is 12.1 Å². The minimum atomic E-state index is -0.441. The van der Waals surface area contributed by atoms with Crippen LogP contribution in [0, 0.1) is 0 Å². The number of fused-ring (bicyclic) bond motifs is 1. The maximum Gasteiger partial charge on any atom is 0.275 e. The number of carbonyl (C=O) groups is 2. The van der Waals surface area contributed by atoms with E-state index in [0.717, 1.165) is 5.56 Å². The number of aromatic nitrogens is 2. The van der Waals surface area contributed by atoms with Crippen molar-refractivity contribution in [3.05, 3.63) is 77.9 Å². The molecule has 8 heteroatoms. The topological polar surface area (TPSA) is 102 Å². The average molecular weight is 376 g/mol. The molecule has 28 heavy (non-hydrogen) atoms. The summed E-state index contributed by atoms with van der Waals surface area (Å²) < 4.78 is 10.6. The van der Waals surface area contributed by atoms with Crippen LogP contribution in [-0.4, -0.2) is 28.6 Å². The van der Waals surface area contributed by atoms with E-state index in [0.29, 0.717) is 29.3 Å². The summed E-state index contributed by atoms with van der Waals surface area (Å²) in [6, 6.07) is 12.2. The fourth-order valence-electron chi connectivity index (χ4n) is 2.72. The number of carbonyl (C=O) groups excluding carboxylic acids is 2. The molecule has 4 rings (SSSR count). The van der Waals surface area contributed by atoms with Crippen LogP contribution in [0.25, 0.3) is 0 Å². The standard InChI is InChI=1S/C20H16N4O4/c25-19(23-10-13-5-6-17-18(9-13)28-12-27-17)14-3-1-2-4-15(14)24-20(26)16-11-21-7-8-22-16/h1-9,11H,10,12H2,(H,23,25)(H,24,26). The number of ether oxygens (including phenoxy) is 2. The molecule has 2 aromatic carbocycles. The van der Waals surface area contributed by atoms with Crippen LogP contribution < -0.4 is 20.1 Å². The Morgan fingerprint density at radius 2 is 1.86 bits per heavy atom. The third-order valence-electron chi connectivity index (χ3n) is 4.11. The van der Waals surface area contributed by atoms with Crippen LogP contribution in [0.15, 0.2) is 61.1 Å². The van der Waals surface area contributed by atoms with Gasteiger partial charge < -0.3 is 20.1 Å². The molecule has 3 aromatic rings. The second-order valence-electron chi connectivity index (χ2n) is 5.96. The van der Waals surface area contributed by atoms with Crippen molar-refractivity contribution in [3.63, 3.8) is 0 Å². The quantitative estimate of drug-likeness (QED) is 0.709. The molecule has 1 aromatic heterocycles. The molecular formula is C20H16N4O4. The Kier molecular flexibility index (Phi) is 4.83. The number of hydrogen-bond acceptors (Lipinski definition) is 6. The van der Waals surface area contributed by atoms with Gasteiger partial charge in [0.25, 0.3) is 11.8 Å². The number of hydrogen-bond donors (Lipinski definition) is 2. The molecule has 0 saturated carbocycles. The molecule has 0 atom stereocenters. The summed E-state index contributed by atoms with van der Waals surface area (Å²) in [5, 5.41) is 5.55. The van der Waals surface area contributed by atoms with Gasteiger partial charge in [0, 0.05) is 18.9 Å². The highest BCUT2D eigenvalue weighted by molar-refractivity contribution is 6.08. The lowest BCUT2D eigenvalue weighted by Gasteiger charge is -2.11. The maximum absolute atomic E-state index is 12.6. The first kappa shape index (κ1) is 17.5. The van der Waals surface area contributed by atoms with E-state index in [4.69, 9.17) is 9.47 Å². The molecule has 2 N–H and O–H groups in total. The highest BCUT2D eigenvalue weighted by Gasteiger charge is 2.16. The van der Waals surface area contributed by atoms with E-state index in [1.165, 1.54) is 18.6 Å². The van der Waals surface area contributed by atoms with Gasteiger partial charge in [-0.25, -0.2) is 4.98 Å². The SMILES string of the molecule is O=C(Nc1ccccc1C(=O)NCc1ccc2c(c1)OCO2)c1cnccn1. The molecule has 0 saturated heterocycles. The van der Waals surface area contributed by atoms with E-state index in [9.17, 15) is 9.59 Å². The van der Waals surface area contributed by atoms with Gasteiger partial charge in [-0.1, -0.05) is 18.2 Å². The molecule has 140 valence electrons. The van der Waals surface area contributed by atoms with E-state index < -0.39 is 5.91 Å². The fourth-order valence-corrected chi connectivity index (χ4v) is 2.72. The van der Waals surface area contributed by atoms with E-state index in [2.05, 4.69) is 20.6 Å². The van der Waals surface area contributed by atoms with Crippen LogP contribution in [0.1, 0.15) is 26.4 Å². The zero-order valence-corrected chi connectivity index (χ0v) is 14.7. The molecule has 2 heterocycles. The lowest BCUT2D eigenvalue weighted by atomic mass is 10.1. The fraction of sp³-hybridized carbons (Fsp3) is 0.100. The molecule has 0 aliphatic carbocycles. The van der Waals surface area contributed by atoms with Gasteiger partial charge in [0.15, 0.2) is 11.5 Å². The summed E-state index contributed by atoms with van der Waals surface area (Å²) in [6.07, 6.45) is 4.27. The molecule has 1 aliphatic rings. The average Bonchev–Trinajstić information content (AvgIpc) is 3.21. The first-order valence-electron chi connectivity index (χ1n) is 8.54. The summed E-state index contributed by atoms with van der Waals surface area (Å²) in [5.41, 5.74) is 1.78. The smallest absolute Gasteiger partial charge is 0.275 e.